The summed E-state index contributed by atoms with van der Waals surface area (Å²) in [6.07, 6.45) is 1.54. The van der Waals surface area contributed by atoms with Crippen LogP contribution in [0.25, 0.3) is 27.8 Å². The molecule has 0 fully saturated rings. The van der Waals surface area contributed by atoms with Crippen LogP contribution < -0.4 is 9.47 Å². The second kappa shape index (κ2) is 7.96. The molecule has 0 radical (unpaired) electrons. The third-order valence-corrected chi connectivity index (χ3v) is 6.78. The number of nitrogens with zero attached hydrogens (tertiary/aromatic N) is 4. The first-order valence-corrected chi connectivity index (χ1v) is 11.7. The molecule has 8 nitrogen and oxygen atoms in total. The van der Waals surface area contributed by atoms with Crippen LogP contribution in [0, 0.1) is 0 Å². The fourth-order valence-electron chi connectivity index (χ4n) is 5.00. The summed E-state index contributed by atoms with van der Waals surface area (Å²) in [5.74, 6) is 1.97. The molecule has 37 heavy (non-hydrogen) atoms. The zero-order chi connectivity index (χ0) is 25.1. The van der Waals surface area contributed by atoms with Crippen molar-refractivity contribution in [1.29, 1.82) is 0 Å². The molecule has 0 saturated carbocycles. The number of aromatic hydroxyl groups is 2. The average molecular weight is 489 g/mol. The minimum atomic E-state index is -0.288. The van der Waals surface area contributed by atoms with Crippen LogP contribution in [0.1, 0.15) is 22.6 Å². The number of methoxy groups -OCH3 is 1. The molecule has 1 aliphatic heterocycles. The molecule has 0 spiro atoms. The molecule has 2 N–H and O–H groups in total. The van der Waals surface area contributed by atoms with Crippen molar-refractivity contribution in [3.05, 3.63) is 102 Å². The average Bonchev–Trinajstić information content (AvgIpc) is 3.36. The van der Waals surface area contributed by atoms with E-state index in [1.807, 2.05) is 66.7 Å². The van der Waals surface area contributed by atoms with Gasteiger partial charge in [0.1, 0.15) is 29.3 Å². The Morgan fingerprint density at radius 3 is 2.62 bits per heavy atom. The molecule has 0 bridgehead atoms. The van der Waals surface area contributed by atoms with Gasteiger partial charge in [-0.3, -0.25) is 0 Å². The molecule has 0 saturated heterocycles. The molecule has 4 aromatic carbocycles. The Hall–Kier alpha value is -5.11. The fraction of sp³-hybridized carbons (Fsp3) is 0.0690. The maximum absolute atomic E-state index is 11.0. The Labute approximate surface area is 211 Å². The maximum atomic E-state index is 11.0. The van der Waals surface area contributed by atoms with E-state index in [0.717, 1.165) is 33.2 Å². The lowest BCUT2D eigenvalue weighted by molar-refractivity contribution is 0.414. The molecular formula is C29H20N4O4. The first-order chi connectivity index (χ1) is 18.1. The Balaban J connectivity index is 1.46. The summed E-state index contributed by atoms with van der Waals surface area (Å²) in [6, 6.07) is 24.3. The van der Waals surface area contributed by atoms with Gasteiger partial charge < -0.3 is 19.7 Å². The van der Waals surface area contributed by atoms with Crippen LogP contribution >= 0.6 is 0 Å². The minimum Gasteiger partial charge on any atom is -0.508 e. The van der Waals surface area contributed by atoms with Crippen LogP contribution in [0.2, 0.25) is 0 Å². The standard InChI is InChI=1S/C29H20N4O4/c1-36-19-10-6-17(7-11-19)24-21-13-9-18(34)14-23(21)37-29-25(24)28-31-27(32-33(28)15-30-29)22-12-8-16-4-2-3-5-20(16)26(22)35/h2-15,24,34-35H,1H3. The fourth-order valence-corrected chi connectivity index (χ4v) is 5.00. The lowest BCUT2D eigenvalue weighted by Gasteiger charge is -2.28. The normalized spacial score (nSPS) is 14.2. The van der Waals surface area contributed by atoms with Crippen molar-refractivity contribution in [1.82, 2.24) is 19.6 Å². The molecule has 8 heteroatoms. The van der Waals surface area contributed by atoms with Gasteiger partial charge >= 0.3 is 0 Å². The molecule has 0 amide bonds. The van der Waals surface area contributed by atoms with E-state index in [4.69, 9.17) is 14.5 Å². The number of fused-ring (bicyclic) bond motifs is 5. The maximum Gasteiger partial charge on any atom is 0.228 e. The number of rotatable bonds is 3. The summed E-state index contributed by atoms with van der Waals surface area (Å²) in [6.45, 7) is 0. The number of aromatic nitrogens is 4. The van der Waals surface area contributed by atoms with Crippen molar-refractivity contribution in [3.8, 4) is 40.3 Å². The number of phenolic OH excluding ortho intramolecular Hbond substituents is 2. The first-order valence-electron chi connectivity index (χ1n) is 11.7. The van der Waals surface area contributed by atoms with Crippen molar-refractivity contribution >= 4 is 16.4 Å². The Bertz CT molecular complexity index is 1830. The summed E-state index contributed by atoms with van der Waals surface area (Å²) < 4.78 is 13.1. The molecule has 3 heterocycles. The highest BCUT2D eigenvalue weighted by Crippen LogP contribution is 2.49. The third-order valence-electron chi connectivity index (χ3n) is 6.78. The summed E-state index contributed by atoms with van der Waals surface area (Å²) in [4.78, 5) is 9.40. The zero-order valence-electron chi connectivity index (χ0n) is 19.7. The Morgan fingerprint density at radius 1 is 0.946 bits per heavy atom. The first kappa shape index (κ1) is 21.2. The number of hydrogen-bond acceptors (Lipinski definition) is 7. The van der Waals surface area contributed by atoms with E-state index in [9.17, 15) is 10.2 Å². The van der Waals surface area contributed by atoms with Gasteiger partial charge in [-0.2, -0.15) is 0 Å². The smallest absolute Gasteiger partial charge is 0.228 e. The molecule has 1 aliphatic rings. The molecule has 7 rings (SSSR count). The topological polar surface area (TPSA) is 102 Å². The van der Waals surface area contributed by atoms with E-state index in [-0.39, 0.29) is 17.4 Å². The Kier molecular flexibility index (Phi) is 4.56. The highest BCUT2D eigenvalue weighted by Gasteiger charge is 2.34. The van der Waals surface area contributed by atoms with E-state index < -0.39 is 0 Å². The van der Waals surface area contributed by atoms with E-state index in [1.165, 1.54) is 0 Å². The lowest BCUT2D eigenvalue weighted by atomic mass is 9.84. The van der Waals surface area contributed by atoms with Gasteiger partial charge in [-0.05, 0) is 35.2 Å². The van der Waals surface area contributed by atoms with E-state index in [1.54, 1.807) is 30.1 Å². The third kappa shape index (κ3) is 3.26. The van der Waals surface area contributed by atoms with Gasteiger partial charge in [0.2, 0.25) is 5.88 Å². The van der Waals surface area contributed by atoms with Gasteiger partial charge in [-0.1, -0.05) is 48.5 Å². The van der Waals surface area contributed by atoms with Crippen LogP contribution in [-0.2, 0) is 0 Å². The molecule has 2 aromatic heterocycles. The van der Waals surface area contributed by atoms with Crippen molar-refractivity contribution in [2.24, 2.45) is 0 Å². The number of hydrogen-bond donors (Lipinski definition) is 2. The second-order valence-corrected chi connectivity index (χ2v) is 8.88. The van der Waals surface area contributed by atoms with Gasteiger partial charge in [0.25, 0.3) is 0 Å². The number of benzene rings is 4. The minimum absolute atomic E-state index is 0.105. The van der Waals surface area contributed by atoms with Crippen molar-refractivity contribution < 1.29 is 19.7 Å². The van der Waals surface area contributed by atoms with Gasteiger partial charge in [0, 0.05) is 22.9 Å². The van der Waals surface area contributed by atoms with Crippen LogP contribution in [0.5, 0.6) is 28.9 Å². The predicted molar refractivity (Wildman–Crippen MR) is 138 cm³/mol. The van der Waals surface area contributed by atoms with Crippen LogP contribution in [-0.4, -0.2) is 36.9 Å². The quantitative estimate of drug-likeness (QED) is 0.331. The molecule has 180 valence electrons. The lowest BCUT2D eigenvalue weighted by Crippen LogP contribution is -2.15. The van der Waals surface area contributed by atoms with Crippen LogP contribution in [0.15, 0.2) is 85.2 Å². The molecule has 6 aromatic rings. The number of ether oxygens (including phenoxy) is 2. The van der Waals surface area contributed by atoms with Crippen molar-refractivity contribution in [2.75, 3.05) is 7.11 Å². The highest BCUT2D eigenvalue weighted by molar-refractivity contribution is 5.93. The molecular weight excluding hydrogens is 468 g/mol. The highest BCUT2D eigenvalue weighted by atomic mass is 16.5. The van der Waals surface area contributed by atoms with Crippen molar-refractivity contribution in [3.63, 3.8) is 0 Å². The predicted octanol–water partition coefficient (Wildman–Crippen LogP) is 5.65. The molecule has 1 atom stereocenters. The molecule has 1 unspecified atom stereocenters. The largest absolute Gasteiger partial charge is 0.508 e. The van der Waals surface area contributed by atoms with Gasteiger partial charge in [-0.25, -0.2) is 14.5 Å². The Morgan fingerprint density at radius 2 is 1.78 bits per heavy atom. The van der Waals surface area contributed by atoms with E-state index in [0.29, 0.717) is 28.7 Å². The van der Waals surface area contributed by atoms with Gasteiger partial charge in [0.05, 0.1) is 18.2 Å². The van der Waals surface area contributed by atoms with Crippen LogP contribution in [0.3, 0.4) is 0 Å². The SMILES string of the molecule is COc1ccc(C2c3ccc(O)cc3Oc3ncn4nc(-c5ccc6ccccc6c5O)nc4c32)cc1. The second-order valence-electron chi connectivity index (χ2n) is 8.88. The van der Waals surface area contributed by atoms with E-state index >= 15 is 0 Å². The van der Waals surface area contributed by atoms with Gasteiger partial charge in [0.15, 0.2) is 11.5 Å². The zero-order valence-corrected chi connectivity index (χ0v) is 19.7. The molecule has 0 aliphatic carbocycles. The summed E-state index contributed by atoms with van der Waals surface area (Å²) >= 11 is 0. The summed E-state index contributed by atoms with van der Waals surface area (Å²) in [7, 11) is 1.63. The number of phenols is 2. The summed E-state index contributed by atoms with van der Waals surface area (Å²) in [5, 5.41) is 27.4. The van der Waals surface area contributed by atoms with Crippen LogP contribution in [0.4, 0.5) is 0 Å². The monoisotopic (exact) mass is 488 g/mol. The summed E-state index contributed by atoms with van der Waals surface area (Å²) in [5.41, 5.74) is 3.67. The van der Waals surface area contributed by atoms with Gasteiger partial charge in [-0.15, -0.1) is 5.10 Å². The van der Waals surface area contributed by atoms with E-state index in [2.05, 4.69) is 10.1 Å². The van der Waals surface area contributed by atoms with Crippen molar-refractivity contribution in [2.45, 2.75) is 5.92 Å².